The number of amides is 1. The molecular formula is C20H13BrClF3N2O4S. The quantitative estimate of drug-likeness (QED) is 0.452. The monoisotopic (exact) mass is 548 g/mol. The van der Waals surface area contributed by atoms with Crippen LogP contribution in [0.2, 0.25) is 5.02 Å². The number of carbonyl (C=O) groups excluding carboxylic acids is 1. The first kappa shape index (κ1) is 22.7. The molecule has 6 nitrogen and oxygen atoms in total. The Labute approximate surface area is 194 Å². The van der Waals surface area contributed by atoms with Crippen molar-refractivity contribution >= 4 is 54.8 Å². The summed E-state index contributed by atoms with van der Waals surface area (Å²) in [6, 6.07) is 8.64. The van der Waals surface area contributed by atoms with Gasteiger partial charge in [0.15, 0.2) is 5.76 Å². The number of sulfonamides is 1. The molecule has 0 bridgehead atoms. The predicted octanol–water partition coefficient (Wildman–Crippen LogP) is 5.72. The Morgan fingerprint density at radius 1 is 1.19 bits per heavy atom. The van der Waals surface area contributed by atoms with Gasteiger partial charge < -0.3 is 9.32 Å². The molecule has 0 spiro atoms. The smallest absolute Gasteiger partial charge is 0.417 e. The van der Waals surface area contributed by atoms with Gasteiger partial charge in [-0.1, -0.05) is 11.6 Å². The van der Waals surface area contributed by atoms with Gasteiger partial charge in [-0.3, -0.25) is 9.52 Å². The highest BCUT2D eigenvalue weighted by atomic mass is 79.9. The lowest BCUT2D eigenvalue weighted by molar-refractivity contribution is -0.137. The van der Waals surface area contributed by atoms with Crippen LogP contribution in [-0.2, 0) is 22.6 Å². The number of alkyl halides is 3. The van der Waals surface area contributed by atoms with E-state index in [9.17, 15) is 26.4 Å². The van der Waals surface area contributed by atoms with Crippen LogP contribution in [0.15, 0.2) is 62.5 Å². The maximum absolute atomic E-state index is 13.1. The molecular weight excluding hydrogens is 537 g/mol. The molecule has 168 valence electrons. The third-order valence-corrected chi connectivity index (χ3v) is 7.49. The van der Waals surface area contributed by atoms with Gasteiger partial charge in [-0.25, -0.2) is 8.42 Å². The fraction of sp³-hybridized carbons (Fsp3) is 0.150. The third-order valence-electron chi connectivity index (χ3n) is 4.82. The van der Waals surface area contributed by atoms with Crippen molar-refractivity contribution in [2.75, 3.05) is 16.2 Å². The number of furan rings is 1. The topological polar surface area (TPSA) is 79.6 Å². The van der Waals surface area contributed by atoms with Crippen molar-refractivity contribution in [1.29, 1.82) is 0 Å². The molecule has 32 heavy (non-hydrogen) atoms. The molecule has 0 atom stereocenters. The number of carbonyl (C=O) groups is 1. The average molecular weight is 550 g/mol. The van der Waals surface area contributed by atoms with Gasteiger partial charge in [-0.05, 0) is 70.4 Å². The molecule has 1 aromatic heterocycles. The molecule has 3 aromatic rings. The zero-order chi connectivity index (χ0) is 23.3. The van der Waals surface area contributed by atoms with Crippen LogP contribution in [0.4, 0.5) is 24.5 Å². The highest BCUT2D eigenvalue weighted by Crippen LogP contribution is 2.39. The van der Waals surface area contributed by atoms with E-state index in [0.29, 0.717) is 24.7 Å². The minimum absolute atomic E-state index is 0.101. The van der Waals surface area contributed by atoms with Gasteiger partial charge >= 0.3 is 6.18 Å². The molecule has 12 heteroatoms. The number of anilines is 2. The molecule has 1 aliphatic heterocycles. The summed E-state index contributed by atoms with van der Waals surface area (Å²) in [5.74, 6) is -0.330. The number of rotatable bonds is 4. The molecule has 4 rings (SSSR count). The van der Waals surface area contributed by atoms with Crippen LogP contribution in [-0.4, -0.2) is 20.9 Å². The van der Waals surface area contributed by atoms with E-state index < -0.39 is 32.7 Å². The standard InChI is InChI=1S/C20H13BrClF3N2O4S/c21-14-8-11-5-6-27(19(28)17-2-1-7-31-17)16(11)10-18(14)32(29,30)26-12-3-4-15(22)13(9-12)20(23,24)25/h1-4,7-10,26H,5-6H2. The van der Waals surface area contributed by atoms with E-state index in [0.717, 1.165) is 17.7 Å². The highest BCUT2D eigenvalue weighted by Gasteiger charge is 2.34. The van der Waals surface area contributed by atoms with Gasteiger partial charge in [0.05, 0.1) is 16.8 Å². The lowest BCUT2D eigenvalue weighted by atomic mass is 10.2. The van der Waals surface area contributed by atoms with E-state index in [1.807, 2.05) is 0 Å². The Morgan fingerprint density at radius 2 is 1.94 bits per heavy atom. The van der Waals surface area contributed by atoms with E-state index in [4.69, 9.17) is 16.0 Å². The number of benzene rings is 2. The first-order valence-electron chi connectivity index (χ1n) is 9.05. The summed E-state index contributed by atoms with van der Waals surface area (Å²) < 4.78 is 72.8. The summed E-state index contributed by atoms with van der Waals surface area (Å²) in [7, 11) is -4.31. The number of hydrogen-bond acceptors (Lipinski definition) is 4. The molecule has 0 unspecified atom stereocenters. The van der Waals surface area contributed by atoms with Gasteiger partial charge in [0.2, 0.25) is 0 Å². The fourth-order valence-electron chi connectivity index (χ4n) is 3.35. The Balaban J connectivity index is 1.70. The van der Waals surface area contributed by atoms with Gasteiger partial charge in [0.25, 0.3) is 15.9 Å². The highest BCUT2D eigenvalue weighted by molar-refractivity contribution is 9.10. The van der Waals surface area contributed by atoms with Gasteiger partial charge in [0, 0.05) is 22.4 Å². The van der Waals surface area contributed by atoms with Crippen LogP contribution in [0.25, 0.3) is 0 Å². The van der Waals surface area contributed by atoms with Gasteiger partial charge in [0.1, 0.15) is 4.90 Å². The summed E-state index contributed by atoms with van der Waals surface area (Å²) in [5.41, 5.74) is -0.358. The van der Waals surface area contributed by atoms with Crippen molar-refractivity contribution in [2.45, 2.75) is 17.5 Å². The van der Waals surface area contributed by atoms with Crippen LogP contribution in [0.3, 0.4) is 0 Å². The number of halogens is 5. The van der Waals surface area contributed by atoms with Crippen LogP contribution < -0.4 is 9.62 Å². The lowest BCUT2D eigenvalue weighted by Gasteiger charge is -2.18. The SMILES string of the molecule is O=C(c1ccco1)N1CCc2cc(Br)c(S(=O)(=O)Nc3ccc(Cl)c(C(F)(F)F)c3)cc21. The van der Waals surface area contributed by atoms with Crippen molar-refractivity contribution in [2.24, 2.45) is 0 Å². The Hall–Kier alpha value is -2.50. The van der Waals surface area contributed by atoms with Crippen LogP contribution in [0, 0.1) is 0 Å². The second-order valence-electron chi connectivity index (χ2n) is 6.89. The van der Waals surface area contributed by atoms with Crippen molar-refractivity contribution in [3.8, 4) is 0 Å². The number of hydrogen-bond donors (Lipinski definition) is 1. The first-order chi connectivity index (χ1) is 15.0. The Bertz CT molecular complexity index is 1310. The molecule has 1 aliphatic rings. The summed E-state index contributed by atoms with van der Waals surface area (Å²) in [5, 5.41) is -0.550. The zero-order valence-corrected chi connectivity index (χ0v) is 19.1. The van der Waals surface area contributed by atoms with Crippen molar-refractivity contribution in [1.82, 2.24) is 0 Å². The van der Waals surface area contributed by atoms with Crippen molar-refractivity contribution in [3.63, 3.8) is 0 Å². The number of fused-ring (bicyclic) bond motifs is 1. The second-order valence-corrected chi connectivity index (χ2v) is 9.81. The maximum atomic E-state index is 13.1. The van der Waals surface area contributed by atoms with E-state index in [1.54, 1.807) is 12.1 Å². The second kappa shape index (κ2) is 8.13. The molecule has 0 fully saturated rings. The summed E-state index contributed by atoms with van der Waals surface area (Å²) in [6.45, 7) is 0.324. The Kier molecular flexibility index (Phi) is 5.76. The molecule has 2 aromatic carbocycles. The number of nitrogens with one attached hydrogen (secondary N) is 1. The van der Waals surface area contributed by atoms with E-state index in [-0.39, 0.29) is 20.8 Å². The van der Waals surface area contributed by atoms with E-state index >= 15 is 0 Å². The van der Waals surface area contributed by atoms with Crippen LogP contribution in [0.1, 0.15) is 21.7 Å². The van der Waals surface area contributed by atoms with Crippen molar-refractivity contribution in [3.05, 3.63) is 75.1 Å². The Morgan fingerprint density at radius 3 is 2.59 bits per heavy atom. The molecule has 0 saturated carbocycles. The zero-order valence-electron chi connectivity index (χ0n) is 15.9. The van der Waals surface area contributed by atoms with Gasteiger partial charge in [-0.15, -0.1) is 0 Å². The molecule has 1 amide bonds. The summed E-state index contributed by atoms with van der Waals surface area (Å²) in [4.78, 5) is 13.9. The third kappa shape index (κ3) is 4.24. The molecule has 1 N–H and O–H groups in total. The van der Waals surface area contributed by atoms with Crippen LogP contribution >= 0.6 is 27.5 Å². The molecule has 0 saturated heterocycles. The maximum Gasteiger partial charge on any atom is 0.417 e. The van der Waals surface area contributed by atoms with E-state index in [1.165, 1.54) is 23.3 Å². The fourth-order valence-corrected chi connectivity index (χ4v) is 5.74. The van der Waals surface area contributed by atoms with Crippen LogP contribution in [0.5, 0.6) is 0 Å². The molecule has 0 aliphatic carbocycles. The van der Waals surface area contributed by atoms with Gasteiger partial charge in [-0.2, -0.15) is 13.2 Å². The molecule has 2 heterocycles. The molecule has 0 radical (unpaired) electrons. The minimum Gasteiger partial charge on any atom is -0.459 e. The summed E-state index contributed by atoms with van der Waals surface area (Å²) >= 11 is 8.81. The number of nitrogens with zero attached hydrogens (tertiary/aromatic N) is 1. The first-order valence-corrected chi connectivity index (χ1v) is 11.7. The largest absolute Gasteiger partial charge is 0.459 e. The predicted molar refractivity (Wildman–Crippen MR) is 115 cm³/mol. The van der Waals surface area contributed by atoms with Crippen molar-refractivity contribution < 1.29 is 30.8 Å². The lowest BCUT2D eigenvalue weighted by Crippen LogP contribution is -2.28. The van der Waals surface area contributed by atoms with E-state index in [2.05, 4.69) is 20.7 Å². The normalized spacial score (nSPS) is 13.8. The minimum atomic E-state index is -4.75. The summed E-state index contributed by atoms with van der Waals surface area (Å²) in [6.07, 6.45) is -2.90. The average Bonchev–Trinajstić information content (AvgIpc) is 3.37.